The Morgan fingerprint density at radius 1 is 1.38 bits per heavy atom. The van der Waals surface area contributed by atoms with Crippen LogP contribution in [0.5, 0.6) is 5.75 Å². The third-order valence-corrected chi connectivity index (χ3v) is 4.02. The van der Waals surface area contributed by atoms with Crippen LogP contribution < -0.4 is 10.1 Å². The summed E-state index contributed by atoms with van der Waals surface area (Å²) in [5, 5.41) is 3.67. The van der Waals surface area contributed by atoms with Gasteiger partial charge in [-0.2, -0.15) is 0 Å². The molecule has 1 aromatic carbocycles. The largest absolute Gasteiger partial charge is 0.491 e. The molecule has 3 nitrogen and oxygen atoms in total. The van der Waals surface area contributed by atoms with Gasteiger partial charge < -0.3 is 14.8 Å². The van der Waals surface area contributed by atoms with Crippen LogP contribution in [0.15, 0.2) is 18.2 Å². The molecule has 118 valence electrons. The van der Waals surface area contributed by atoms with E-state index >= 15 is 0 Å². The monoisotopic (exact) mass is 291 g/mol. The van der Waals surface area contributed by atoms with Crippen LogP contribution in [0.4, 0.5) is 5.69 Å². The van der Waals surface area contributed by atoms with Gasteiger partial charge in [-0.15, -0.1) is 0 Å². The highest BCUT2D eigenvalue weighted by atomic mass is 16.5. The Labute approximate surface area is 129 Å². The summed E-state index contributed by atoms with van der Waals surface area (Å²) in [5.41, 5.74) is 2.35. The van der Waals surface area contributed by atoms with Gasteiger partial charge in [-0.05, 0) is 49.8 Å². The lowest BCUT2D eigenvalue weighted by atomic mass is 9.95. The fourth-order valence-electron chi connectivity index (χ4n) is 2.72. The van der Waals surface area contributed by atoms with E-state index in [0.29, 0.717) is 18.1 Å². The summed E-state index contributed by atoms with van der Waals surface area (Å²) in [6.07, 6.45) is 3.52. The van der Waals surface area contributed by atoms with Crippen molar-refractivity contribution in [2.45, 2.75) is 59.1 Å². The van der Waals surface area contributed by atoms with Gasteiger partial charge in [0.1, 0.15) is 5.75 Å². The molecule has 0 radical (unpaired) electrons. The number of ether oxygens (including phenoxy) is 2. The van der Waals surface area contributed by atoms with E-state index in [4.69, 9.17) is 9.47 Å². The molecule has 1 aliphatic rings. The van der Waals surface area contributed by atoms with Crippen molar-refractivity contribution in [1.82, 2.24) is 0 Å². The maximum atomic E-state index is 5.89. The molecule has 0 spiro atoms. The SMILES string of the molecule is CCCOc1cc(C)ccc1NC1CCOC(C(C)C)C1. The molecule has 2 atom stereocenters. The number of rotatable bonds is 6. The Kier molecular flexibility index (Phi) is 5.92. The zero-order valence-corrected chi connectivity index (χ0v) is 13.8. The molecule has 1 saturated heterocycles. The van der Waals surface area contributed by atoms with Crippen LogP contribution >= 0.6 is 0 Å². The molecular weight excluding hydrogens is 262 g/mol. The maximum Gasteiger partial charge on any atom is 0.142 e. The standard InChI is InChI=1S/C18H29NO2/c1-5-9-20-18-11-14(4)6-7-16(18)19-15-8-10-21-17(12-15)13(2)3/h6-7,11,13,15,17,19H,5,8-10,12H2,1-4H3. The van der Waals surface area contributed by atoms with Crippen molar-refractivity contribution in [3.63, 3.8) is 0 Å². The maximum absolute atomic E-state index is 5.89. The van der Waals surface area contributed by atoms with E-state index < -0.39 is 0 Å². The minimum absolute atomic E-state index is 0.363. The molecule has 1 N–H and O–H groups in total. The number of aryl methyl sites for hydroxylation is 1. The van der Waals surface area contributed by atoms with Crippen LogP contribution in [-0.2, 0) is 4.74 Å². The molecule has 1 aromatic rings. The minimum Gasteiger partial charge on any atom is -0.491 e. The summed E-state index contributed by atoms with van der Waals surface area (Å²) in [6, 6.07) is 6.87. The van der Waals surface area contributed by atoms with Crippen molar-refractivity contribution in [3.05, 3.63) is 23.8 Å². The molecule has 1 heterocycles. The van der Waals surface area contributed by atoms with Gasteiger partial charge in [0.15, 0.2) is 0 Å². The fraction of sp³-hybridized carbons (Fsp3) is 0.667. The molecule has 0 amide bonds. The summed E-state index contributed by atoms with van der Waals surface area (Å²) in [7, 11) is 0. The lowest BCUT2D eigenvalue weighted by Gasteiger charge is -2.33. The minimum atomic E-state index is 0.363. The third-order valence-electron chi connectivity index (χ3n) is 4.02. The van der Waals surface area contributed by atoms with Gasteiger partial charge in [0.05, 0.1) is 18.4 Å². The van der Waals surface area contributed by atoms with Gasteiger partial charge >= 0.3 is 0 Å². The predicted octanol–water partition coefficient (Wildman–Crippen LogP) is 4.40. The van der Waals surface area contributed by atoms with Gasteiger partial charge in [-0.3, -0.25) is 0 Å². The molecule has 0 saturated carbocycles. The van der Waals surface area contributed by atoms with Crippen molar-refractivity contribution in [2.24, 2.45) is 5.92 Å². The zero-order chi connectivity index (χ0) is 15.2. The smallest absolute Gasteiger partial charge is 0.142 e. The number of hydrogen-bond acceptors (Lipinski definition) is 3. The fourth-order valence-corrected chi connectivity index (χ4v) is 2.72. The summed E-state index contributed by atoms with van der Waals surface area (Å²) in [4.78, 5) is 0. The van der Waals surface area contributed by atoms with Crippen molar-refractivity contribution in [1.29, 1.82) is 0 Å². The Bertz CT molecular complexity index is 445. The molecule has 1 fully saturated rings. The van der Waals surface area contributed by atoms with E-state index in [-0.39, 0.29) is 0 Å². The van der Waals surface area contributed by atoms with E-state index in [1.54, 1.807) is 0 Å². The van der Waals surface area contributed by atoms with Gasteiger partial charge in [0, 0.05) is 12.6 Å². The summed E-state index contributed by atoms with van der Waals surface area (Å²) < 4.78 is 11.7. The molecular formula is C18H29NO2. The van der Waals surface area contributed by atoms with E-state index in [2.05, 4.69) is 51.2 Å². The van der Waals surface area contributed by atoms with E-state index in [1.807, 2.05) is 0 Å². The summed E-state index contributed by atoms with van der Waals surface area (Å²) >= 11 is 0. The number of hydrogen-bond donors (Lipinski definition) is 1. The Hall–Kier alpha value is -1.22. The van der Waals surface area contributed by atoms with Crippen molar-refractivity contribution in [2.75, 3.05) is 18.5 Å². The zero-order valence-electron chi connectivity index (χ0n) is 13.8. The highest BCUT2D eigenvalue weighted by molar-refractivity contribution is 5.58. The molecule has 21 heavy (non-hydrogen) atoms. The van der Waals surface area contributed by atoms with E-state index in [9.17, 15) is 0 Å². The molecule has 0 aromatic heterocycles. The van der Waals surface area contributed by atoms with Crippen molar-refractivity contribution < 1.29 is 9.47 Å². The second-order valence-corrected chi connectivity index (χ2v) is 6.37. The second kappa shape index (κ2) is 7.69. The first-order valence-corrected chi connectivity index (χ1v) is 8.21. The quantitative estimate of drug-likeness (QED) is 0.842. The predicted molar refractivity (Wildman–Crippen MR) is 88.2 cm³/mol. The van der Waals surface area contributed by atoms with Crippen LogP contribution in [-0.4, -0.2) is 25.4 Å². The normalized spacial score (nSPS) is 22.3. The summed E-state index contributed by atoms with van der Waals surface area (Å²) in [5.74, 6) is 1.55. The van der Waals surface area contributed by atoms with E-state index in [1.165, 1.54) is 5.56 Å². The van der Waals surface area contributed by atoms with Gasteiger partial charge in [0.25, 0.3) is 0 Å². The van der Waals surface area contributed by atoms with Crippen LogP contribution in [0, 0.1) is 12.8 Å². The molecule has 1 aliphatic heterocycles. The lowest BCUT2D eigenvalue weighted by Crippen LogP contribution is -2.36. The number of nitrogens with one attached hydrogen (secondary N) is 1. The van der Waals surface area contributed by atoms with Crippen molar-refractivity contribution >= 4 is 5.69 Å². The van der Waals surface area contributed by atoms with Crippen LogP contribution in [0.3, 0.4) is 0 Å². The molecule has 2 unspecified atom stereocenters. The third kappa shape index (κ3) is 4.63. The van der Waals surface area contributed by atoms with Crippen molar-refractivity contribution in [3.8, 4) is 5.75 Å². The second-order valence-electron chi connectivity index (χ2n) is 6.37. The molecule has 2 rings (SSSR count). The average molecular weight is 291 g/mol. The molecule has 3 heteroatoms. The van der Waals surface area contributed by atoms with Gasteiger partial charge in [0.2, 0.25) is 0 Å². The first-order chi connectivity index (χ1) is 10.1. The Balaban J connectivity index is 2.04. The van der Waals surface area contributed by atoms with Gasteiger partial charge in [-0.25, -0.2) is 0 Å². The highest BCUT2D eigenvalue weighted by Gasteiger charge is 2.25. The van der Waals surface area contributed by atoms with Crippen LogP contribution in [0.25, 0.3) is 0 Å². The topological polar surface area (TPSA) is 30.5 Å². The Morgan fingerprint density at radius 3 is 2.90 bits per heavy atom. The number of benzene rings is 1. The highest BCUT2D eigenvalue weighted by Crippen LogP contribution is 2.29. The number of anilines is 1. The van der Waals surface area contributed by atoms with E-state index in [0.717, 1.165) is 43.9 Å². The molecule has 0 aliphatic carbocycles. The van der Waals surface area contributed by atoms with Gasteiger partial charge in [-0.1, -0.05) is 26.8 Å². The van der Waals surface area contributed by atoms with Crippen LogP contribution in [0.2, 0.25) is 0 Å². The molecule has 0 bridgehead atoms. The summed E-state index contributed by atoms with van der Waals surface area (Å²) in [6.45, 7) is 10.3. The van der Waals surface area contributed by atoms with Crippen LogP contribution in [0.1, 0.15) is 45.6 Å². The first kappa shape index (κ1) is 16.2. The Morgan fingerprint density at radius 2 is 2.19 bits per heavy atom. The lowest BCUT2D eigenvalue weighted by molar-refractivity contribution is -0.0161. The average Bonchev–Trinajstić information content (AvgIpc) is 2.47. The first-order valence-electron chi connectivity index (χ1n) is 8.21.